The monoisotopic (exact) mass is 471 g/mol. The molecule has 2 N–H and O–H groups in total. The van der Waals surface area contributed by atoms with Gasteiger partial charge in [-0.2, -0.15) is 0 Å². The second kappa shape index (κ2) is 11.0. The van der Waals surface area contributed by atoms with Crippen LogP contribution in [0.4, 0.5) is 5.13 Å². The molecule has 168 valence electrons. The van der Waals surface area contributed by atoms with Gasteiger partial charge in [0.2, 0.25) is 0 Å². The molecule has 0 atom stereocenters. The molecule has 1 amide bonds. The Morgan fingerprint density at radius 2 is 1.97 bits per heavy atom. The third-order valence-corrected chi connectivity index (χ3v) is 5.41. The zero-order valence-corrected chi connectivity index (χ0v) is 19.8. The number of unbranched alkanes of at least 4 members (excludes halogenated alkanes) is 1. The van der Waals surface area contributed by atoms with Crippen molar-refractivity contribution in [2.45, 2.75) is 39.7 Å². The number of carbonyl (C=O) groups excluding carboxylic acids is 2. The number of rotatable bonds is 8. The average molecular weight is 472 g/mol. The fraction of sp³-hybridized carbons (Fsp3) is 0.304. The zero-order chi connectivity index (χ0) is 23.1. The Hall–Kier alpha value is -3.04. The van der Waals surface area contributed by atoms with Gasteiger partial charge < -0.3 is 14.8 Å². The number of nitrogens with zero attached hydrogens (tertiary/aromatic N) is 1. The molecule has 0 bridgehead atoms. The summed E-state index contributed by atoms with van der Waals surface area (Å²) in [6.07, 6.45) is 1.80. The topological polar surface area (TPSA) is 89.5 Å². The number of esters is 1. The molecule has 0 saturated carbocycles. The Kier molecular flexibility index (Phi) is 8.13. The fourth-order valence-corrected chi connectivity index (χ4v) is 3.95. The van der Waals surface area contributed by atoms with E-state index in [1.54, 1.807) is 42.5 Å². The van der Waals surface area contributed by atoms with Gasteiger partial charge in [-0.1, -0.05) is 30.7 Å². The molecule has 3 aromatic rings. The molecule has 0 fully saturated rings. The smallest absolute Gasteiger partial charge is 0.338 e. The Labute approximate surface area is 196 Å². The molecule has 0 unspecified atom stereocenters. The summed E-state index contributed by atoms with van der Waals surface area (Å²) in [5.41, 5.74) is 1.63. The summed E-state index contributed by atoms with van der Waals surface area (Å²) in [7, 11) is 0. The Bertz CT molecular complexity index is 1130. The Morgan fingerprint density at radius 3 is 2.72 bits per heavy atom. The lowest BCUT2D eigenvalue weighted by molar-refractivity contribution is 0.0500. The number of thiazole rings is 1. The summed E-state index contributed by atoms with van der Waals surface area (Å²) < 4.78 is 11.7. The number of hydrogen-bond donors (Lipinski definition) is 2. The third kappa shape index (κ3) is 6.48. The molecule has 0 radical (unpaired) electrons. The minimum atomic E-state index is -0.352. The van der Waals surface area contributed by atoms with Gasteiger partial charge in [-0.3, -0.25) is 10.1 Å². The molecule has 32 heavy (non-hydrogen) atoms. The number of thiocarbonyl (C=S) groups is 1. The van der Waals surface area contributed by atoms with Crippen LogP contribution in [0, 0.1) is 0 Å². The molecule has 7 nitrogen and oxygen atoms in total. The summed E-state index contributed by atoms with van der Waals surface area (Å²) in [4.78, 5) is 29.1. The van der Waals surface area contributed by atoms with Crippen molar-refractivity contribution in [2.24, 2.45) is 0 Å². The van der Waals surface area contributed by atoms with Crippen molar-refractivity contribution >= 4 is 55.9 Å². The number of aromatic nitrogens is 1. The Balaban J connectivity index is 1.63. The van der Waals surface area contributed by atoms with E-state index in [0.717, 1.165) is 23.1 Å². The molecule has 0 aliphatic carbocycles. The van der Waals surface area contributed by atoms with Crippen molar-refractivity contribution in [1.82, 2.24) is 10.3 Å². The van der Waals surface area contributed by atoms with Gasteiger partial charge in [-0.05, 0) is 68.9 Å². The maximum absolute atomic E-state index is 12.5. The van der Waals surface area contributed by atoms with Crippen molar-refractivity contribution in [3.63, 3.8) is 0 Å². The van der Waals surface area contributed by atoms with Gasteiger partial charge in [-0.15, -0.1) is 0 Å². The first-order valence-electron chi connectivity index (χ1n) is 10.3. The highest BCUT2D eigenvalue weighted by atomic mass is 32.1. The highest BCUT2D eigenvalue weighted by Gasteiger charge is 2.13. The lowest BCUT2D eigenvalue weighted by atomic mass is 10.2. The summed E-state index contributed by atoms with van der Waals surface area (Å²) in [6.45, 7) is 6.28. The number of amides is 1. The van der Waals surface area contributed by atoms with Crippen LogP contribution < -0.4 is 15.4 Å². The van der Waals surface area contributed by atoms with E-state index in [2.05, 4.69) is 15.6 Å². The van der Waals surface area contributed by atoms with Crippen molar-refractivity contribution in [1.29, 1.82) is 0 Å². The average Bonchev–Trinajstić information content (AvgIpc) is 3.14. The minimum absolute atomic E-state index is 0.00815. The molecule has 2 aromatic carbocycles. The predicted molar refractivity (Wildman–Crippen MR) is 131 cm³/mol. The molecular formula is C23H25N3O4S2. The summed E-state index contributed by atoms with van der Waals surface area (Å²) >= 11 is 6.59. The highest BCUT2D eigenvalue weighted by molar-refractivity contribution is 7.80. The van der Waals surface area contributed by atoms with E-state index in [1.807, 2.05) is 20.8 Å². The maximum atomic E-state index is 12.5. The van der Waals surface area contributed by atoms with Crippen molar-refractivity contribution in [3.05, 3.63) is 53.6 Å². The largest absolute Gasteiger partial charge is 0.491 e. The van der Waals surface area contributed by atoms with E-state index in [9.17, 15) is 9.59 Å². The summed E-state index contributed by atoms with van der Waals surface area (Å²) in [5, 5.41) is 6.22. The maximum Gasteiger partial charge on any atom is 0.338 e. The number of carbonyl (C=O) groups is 2. The number of ether oxygens (including phenoxy) is 2. The van der Waals surface area contributed by atoms with Gasteiger partial charge in [0.15, 0.2) is 10.2 Å². The second-order valence-corrected chi connectivity index (χ2v) is 8.73. The first-order chi connectivity index (χ1) is 15.4. The normalized spacial score (nSPS) is 10.8. The zero-order valence-electron chi connectivity index (χ0n) is 18.1. The van der Waals surface area contributed by atoms with Crippen LogP contribution in [0.3, 0.4) is 0 Å². The minimum Gasteiger partial charge on any atom is -0.491 e. The van der Waals surface area contributed by atoms with Crippen LogP contribution in [0.15, 0.2) is 42.5 Å². The van der Waals surface area contributed by atoms with E-state index < -0.39 is 0 Å². The van der Waals surface area contributed by atoms with Crippen LogP contribution >= 0.6 is 23.6 Å². The van der Waals surface area contributed by atoms with Crippen molar-refractivity contribution in [3.8, 4) is 5.75 Å². The number of hydrogen-bond acceptors (Lipinski definition) is 7. The van der Waals surface area contributed by atoms with Gasteiger partial charge in [-0.25, -0.2) is 9.78 Å². The number of nitrogens with one attached hydrogen (secondary N) is 2. The quantitative estimate of drug-likeness (QED) is 0.266. The van der Waals surface area contributed by atoms with Gasteiger partial charge in [0.1, 0.15) is 5.75 Å². The van der Waals surface area contributed by atoms with Crippen LogP contribution in [0.5, 0.6) is 5.75 Å². The van der Waals surface area contributed by atoms with Crippen molar-refractivity contribution in [2.75, 3.05) is 11.9 Å². The predicted octanol–water partition coefficient (Wildman–Crippen LogP) is 5.17. The molecule has 3 rings (SSSR count). The van der Waals surface area contributed by atoms with Gasteiger partial charge in [0.25, 0.3) is 5.91 Å². The SMILES string of the molecule is CCCCOC(=O)c1ccc2nc(NC(=S)NC(=O)c3cccc(OC(C)C)c3)sc2c1. The van der Waals surface area contributed by atoms with Gasteiger partial charge in [0.05, 0.1) is 28.5 Å². The van der Waals surface area contributed by atoms with Crippen LogP contribution in [-0.4, -0.2) is 34.7 Å². The third-order valence-electron chi connectivity index (χ3n) is 4.27. The molecule has 0 spiro atoms. The van der Waals surface area contributed by atoms with E-state index in [4.69, 9.17) is 21.7 Å². The summed E-state index contributed by atoms with van der Waals surface area (Å²) in [6, 6.07) is 12.1. The standard InChI is InChI=1S/C23H25N3O4S2/c1-4-5-11-29-21(28)16-9-10-18-19(13-16)32-23(24-18)26-22(31)25-20(27)15-7-6-8-17(12-15)30-14(2)3/h6-10,12-14H,4-5,11H2,1-3H3,(H2,24,25,26,27,31). The lowest BCUT2D eigenvalue weighted by Gasteiger charge is -2.11. The van der Waals surface area contributed by atoms with Crippen LogP contribution in [0.2, 0.25) is 0 Å². The summed E-state index contributed by atoms with van der Waals surface area (Å²) in [5.74, 6) is -0.0913. The number of anilines is 1. The van der Waals surface area contributed by atoms with E-state index in [0.29, 0.717) is 28.6 Å². The molecule has 0 aliphatic heterocycles. The number of benzene rings is 2. The van der Waals surface area contributed by atoms with Crippen LogP contribution in [-0.2, 0) is 4.74 Å². The molecule has 0 saturated heterocycles. The molecule has 0 aliphatic rings. The number of fused-ring (bicyclic) bond motifs is 1. The van der Waals surface area contributed by atoms with Crippen LogP contribution in [0.25, 0.3) is 10.2 Å². The first-order valence-corrected chi connectivity index (χ1v) is 11.5. The highest BCUT2D eigenvalue weighted by Crippen LogP contribution is 2.27. The lowest BCUT2D eigenvalue weighted by Crippen LogP contribution is -2.34. The van der Waals surface area contributed by atoms with Crippen molar-refractivity contribution < 1.29 is 19.1 Å². The second-order valence-electron chi connectivity index (χ2n) is 7.29. The van der Waals surface area contributed by atoms with E-state index >= 15 is 0 Å². The van der Waals surface area contributed by atoms with E-state index in [-0.39, 0.29) is 23.1 Å². The van der Waals surface area contributed by atoms with Gasteiger partial charge >= 0.3 is 5.97 Å². The molecule has 9 heteroatoms. The fourth-order valence-electron chi connectivity index (χ4n) is 2.78. The molecule has 1 aromatic heterocycles. The van der Waals surface area contributed by atoms with E-state index in [1.165, 1.54) is 11.3 Å². The Morgan fingerprint density at radius 1 is 1.16 bits per heavy atom. The van der Waals surface area contributed by atoms with Crippen LogP contribution in [0.1, 0.15) is 54.3 Å². The molecular weight excluding hydrogens is 446 g/mol. The first kappa shape index (κ1) is 23.6. The molecule has 1 heterocycles. The van der Waals surface area contributed by atoms with Gasteiger partial charge in [0, 0.05) is 5.56 Å².